The molecule has 1 saturated carbocycles. The third-order valence-corrected chi connectivity index (χ3v) is 4.28. The molecule has 5 heteroatoms. The maximum Gasteiger partial charge on any atom is 0.238 e. The third-order valence-electron chi connectivity index (χ3n) is 4.06. The first-order valence-corrected chi connectivity index (χ1v) is 7.95. The minimum Gasteiger partial charge on any atom is -0.389 e. The molecule has 0 aliphatic heterocycles. The van der Waals surface area contributed by atoms with Crippen LogP contribution in [-0.2, 0) is 4.79 Å². The van der Waals surface area contributed by atoms with Crippen LogP contribution in [-0.4, -0.2) is 34.9 Å². The Labute approximate surface area is 131 Å². The molecular weight excluding hydrogens is 282 g/mol. The summed E-state index contributed by atoms with van der Waals surface area (Å²) in [4.78, 5) is 14.8. The van der Waals surface area contributed by atoms with Crippen molar-refractivity contribution in [2.24, 2.45) is 5.73 Å². The molecule has 0 atom stereocenters. The van der Waals surface area contributed by atoms with Crippen LogP contribution in [0, 0.1) is 0 Å². The number of anilines is 1. The number of para-hydroxylation sites is 1. The molecule has 0 aromatic heterocycles. The van der Waals surface area contributed by atoms with Gasteiger partial charge in [0.25, 0.3) is 0 Å². The van der Waals surface area contributed by atoms with Gasteiger partial charge in [0.15, 0.2) is 0 Å². The molecule has 21 heavy (non-hydrogen) atoms. The summed E-state index contributed by atoms with van der Waals surface area (Å²) >= 11 is 5.02. The van der Waals surface area contributed by atoms with Gasteiger partial charge in [-0.25, -0.2) is 0 Å². The number of hydrogen-bond acceptors (Lipinski definition) is 3. The van der Waals surface area contributed by atoms with E-state index in [1.807, 2.05) is 24.3 Å². The van der Waals surface area contributed by atoms with Crippen LogP contribution >= 0.6 is 12.2 Å². The van der Waals surface area contributed by atoms with E-state index in [-0.39, 0.29) is 5.91 Å². The van der Waals surface area contributed by atoms with Crippen molar-refractivity contribution in [1.29, 1.82) is 0 Å². The average molecular weight is 305 g/mol. The van der Waals surface area contributed by atoms with Gasteiger partial charge < -0.3 is 11.1 Å². The van der Waals surface area contributed by atoms with Crippen LogP contribution in [0.2, 0.25) is 0 Å². The molecule has 0 radical (unpaired) electrons. The van der Waals surface area contributed by atoms with E-state index in [0.717, 1.165) is 6.54 Å². The SMILES string of the molecule is CCN(CC(=O)Nc1ccccc1C(N)=S)C1CCCC1. The monoisotopic (exact) mass is 305 g/mol. The van der Waals surface area contributed by atoms with Crippen LogP contribution in [0.4, 0.5) is 5.69 Å². The smallest absolute Gasteiger partial charge is 0.238 e. The van der Waals surface area contributed by atoms with Gasteiger partial charge in [-0.1, -0.05) is 44.1 Å². The largest absolute Gasteiger partial charge is 0.389 e. The number of carbonyl (C=O) groups excluding carboxylic acids is 1. The number of likely N-dealkylation sites (N-methyl/N-ethyl adjacent to an activating group) is 1. The fourth-order valence-electron chi connectivity index (χ4n) is 2.95. The Morgan fingerprint density at radius 1 is 1.38 bits per heavy atom. The highest BCUT2D eigenvalue weighted by atomic mass is 32.1. The molecule has 0 heterocycles. The minimum absolute atomic E-state index is 0.00699. The highest BCUT2D eigenvalue weighted by Crippen LogP contribution is 2.23. The lowest BCUT2D eigenvalue weighted by Gasteiger charge is -2.26. The number of thiocarbonyl (C=S) groups is 1. The minimum atomic E-state index is -0.00699. The predicted molar refractivity (Wildman–Crippen MR) is 90.5 cm³/mol. The summed E-state index contributed by atoms with van der Waals surface area (Å²) in [6.45, 7) is 3.43. The first kappa shape index (κ1) is 15.9. The fraction of sp³-hybridized carbons (Fsp3) is 0.500. The first-order valence-electron chi connectivity index (χ1n) is 7.54. The molecule has 1 amide bonds. The number of hydrogen-bond donors (Lipinski definition) is 2. The van der Waals surface area contributed by atoms with Gasteiger partial charge in [0.1, 0.15) is 4.99 Å². The Hall–Kier alpha value is -1.46. The predicted octanol–water partition coefficient (Wildman–Crippen LogP) is 2.52. The number of nitrogens with zero attached hydrogens (tertiary/aromatic N) is 1. The van der Waals surface area contributed by atoms with E-state index < -0.39 is 0 Å². The molecule has 0 spiro atoms. The summed E-state index contributed by atoms with van der Waals surface area (Å²) in [7, 11) is 0. The van der Waals surface area contributed by atoms with Gasteiger partial charge in [0.05, 0.1) is 12.2 Å². The van der Waals surface area contributed by atoms with Crippen molar-refractivity contribution in [3.05, 3.63) is 29.8 Å². The van der Waals surface area contributed by atoms with E-state index in [9.17, 15) is 4.79 Å². The molecule has 3 N–H and O–H groups in total. The van der Waals surface area contributed by atoms with Gasteiger partial charge in [-0.2, -0.15) is 0 Å². The summed E-state index contributed by atoms with van der Waals surface area (Å²) in [5.74, 6) is -0.00699. The molecule has 4 nitrogen and oxygen atoms in total. The quantitative estimate of drug-likeness (QED) is 0.793. The van der Waals surface area contributed by atoms with E-state index in [4.69, 9.17) is 18.0 Å². The van der Waals surface area contributed by atoms with Crippen LogP contribution in [0.5, 0.6) is 0 Å². The molecule has 1 aliphatic rings. The van der Waals surface area contributed by atoms with Crippen LogP contribution in [0.3, 0.4) is 0 Å². The van der Waals surface area contributed by atoms with Crippen LogP contribution in [0.1, 0.15) is 38.2 Å². The standard InChI is InChI=1S/C16H23N3OS/c1-2-19(12-7-3-4-8-12)11-15(20)18-14-10-6-5-9-13(14)16(17)21/h5-6,9-10,12H,2-4,7-8,11H2,1H3,(H2,17,21)(H,18,20). The van der Waals surface area contributed by atoms with Crippen LogP contribution < -0.4 is 11.1 Å². The first-order chi connectivity index (χ1) is 10.1. The zero-order chi connectivity index (χ0) is 15.2. The van der Waals surface area contributed by atoms with Crippen molar-refractivity contribution in [3.8, 4) is 0 Å². The molecular formula is C16H23N3OS. The van der Waals surface area contributed by atoms with Gasteiger partial charge >= 0.3 is 0 Å². The second-order valence-electron chi connectivity index (χ2n) is 5.46. The highest BCUT2D eigenvalue weighted by molar-refractivity contribution is 7.80. The normalized spacial score (nSPS) is 15.3. The van der Waals surface area contributed by atoms with Crippen molar-refractivity contribution < 1.29 is 4.79 Å². The summed E-state index contributed by atoms with van der Waals surface area (Å²) in [5.41, 5.74) is 7.09. The Morgan fingerprint density at radius 3 is 2.67 bits per heavy atom. The number of amides is 1. The van der Waals surface area contributed by atoms with Crippen LogP contribution in [0.15, 0.2) is 24.3 Å². The number of benzene rings is 1. The molecule has 114 valence electrons. The maximum absolute atomic E-state index is 12.3. The van der Waals surface area contributed by atoms with Gasteiger partial charge in [-0.15, -0.1) is 0 Å². The zero-order valence-electron chi connectivity index (χ0n) is 12.5. The topological polar surface area (TPSA) is 58.4 Å². The molecule has 1 fully saturated rings. The second-order valence-corrected chi connectivity index (χ2v) is 5.90. The molecule has 2 rings (SSSR count). The lowest BCUT2D eigenvalue weighted by atomic mass is 10.1. The fourth-order valence-corrected chi connectivity index (χ4v) is 3.13. The Kier molecular flexibility index (Phi) is 5.70. The summed E-state index contributed by atoms with van der Waals surface area (Å²) in [6, 6.07) is 7.93. The highest BCUT2D eigenvalue weighted by Gasteiger charge is 2.23. The Balaban J connectivity index is 1.99. The summed E-state index contributed by atoms with van der Waals surface area (Å²) in [5, 5.41) is 2.93. The lowest BCUT2D eigenvalue weighted by molar-refractivity contribution is -0.117. The van der Waals surface area contributed by atoms with Gasteiger partial charge in [-0.3, -0.25) is 9.69 Å². The average Bonchev–Trinajstić information content (AvgIpc) is 2.99. The molecule has 1 aromatic carbocycles. The van der Waals surface area contributed by atoms with E-state index in [2.05, 4.69) is 17.1 Å². The van der Waals surface area contributed by atoms with E-state index in [0.29, 0.717) is 28.8 Å². The molecule has 1 aromatic rings. The number of nitrogens with one attached hydrogen (secondary N) is 1. The van der Waals surface area contributed by atoms with Crippen LogP contribution in [0.25, 0.3) is 0 Å². The second kappa shape index (κ2) is 7.52. The van der Waals surface area contributed by atoms with Crippen molar-refractivity contribution in [3.63, 3.8) is 0 Å². The van der Waals surface area contributed by atoms with E-state index >= 15 is 0 Å². The zero-order valence-corrected chi connectivity index (χ0v) is 13.3. The number of rotatable bonds is 6. The van der Waals surface area contributed by atoms with Crippen molar-refractivity contribution >= 4 is 28.8 Å². The number of carbonyl (C=O) groups is 1. The molecule has 0 saturated heterocycles. The van der Waals surface area contributed by atoms with Crippen molar-refractivity contribution in [1.82, 2.24) is 4.90 Å². The Morgan fingerprint density at radius 2 is 2.05 bits per heavy atom. The van der Waals surface area contributed by atoms with E-state index in [1.165, 1.54) is 25.7 Å². The van der Waals surface area contributed by atoms with Crippen molar-refractivity contribution in [2.45, 2.75) is 38.6 Å². The lowest BCUT2D eigenvalue weighted by Crippen LogP contribution is -2.39. The van der Waals surface area contributed by atoms with Gasteiger partial charge in [0, 0.05) is 11.6 Å². The van der Waals surface area contributed by atoms with E-state index in [1.54, 1.807) is 0 Å². The molecule has 0 unspecified atom stereocenters. The molecule has 1 aliphatic carbocycles. The summed E-state index contributed by atoms with van der Waals surface area (Å²) in [6.07, 6.45) is 4.94. The molecule has 0 bridgehead atoms. The maximum atomic E-state index is 12.3. The van der Waals surface area contributed by atoms with Gasteiger partial charge in [-0.05, 0) is 31.5 Å². The van der Waals surface area contributed by atoms with Gasteiger partial charge in [0.2, 0.25) is 5.91 Å². The number of nitrogens with two attached hydrogens (primary N) is 1. The summed E-state index contributed by atoms with van der Waals surface area (Å²) < 4.78 is 0. The third kappa shape index (κ3) is 4.25. The van der Waals surface area contributed by atoms with Crippen molar-refractivity contribution in [2.75, 3.05) is 18.4 Å². The Bertz CT molecular complexity index is 512.